The van der Waals surface area contributed by atoms with E-state index in [1.807, 2.05) is 37.3 Å². The number of amides is 2. The van der Waals surface area contributed by atoms with Gasteiger partial charge in [-0.2, -0.15) is 0 Å². The Morgan fingerprint density at radius 3 is 2.48 bits per heavy atom. The van der Waals surface area contributed by atoms with E-state index in [0.29, 0.717) is 11.3 Å². The number of carbonyl (C=O) groups is 2. The first kappa shape index (κ1) is 15.3. The second-order valence-corrected chi connectivity index (χ2v) is 5.85. The Morgan fingerprint density at radius 2 is 1.87 bits per heavy atom. The lowest BCUT2D eigenvalue weighted by atomic mass is 9.96. The molecule has 5 heteroatoms. The van der Waals surface area contributed by atoms with E-state index in [-0.39, 0.29) is 29.5 Å². The van der Waals surface area contributed by atoms with Gasteiger partial charge in [0, 0.05) is 25.1 Å². The molecule has 1 fully saturated rings. The first-order valence-corrected chi connectivity index (χ1v) is 7.81. The van der Waals surface area contributed by atoms with E-state index in [1.54, 1.807) is 0 Å². The first-order chi connectivity index (χ1) is 11.1. The number of hydrogen-bond acceptors (Lipinski definition) is 3. The normalized spacial score (nSPS) is 15.0. The van der Waals surface area contributed by atoms with Crippen molar-refractivity contribution in [3.8, 4) is 0 Å². The quantitative estimate of drug-likeness (QED) is 0.891. The van der Waals surface area contributed by atoms with Crippen molar-refractivity contribution in [2.75, 3.05) is 7.05 Å². The summed E-state index contributed by atoms with van der Waals surface area (Å²) in [4.78, 5) is 24.3. The molecule has 0 unspecified atom stereocenters. The van der Waals surface area contributed by atoms with Crippen molar-refractivity contribution >= 4 is 11.8 Å². The Hall–Kier alpha value is -2.56. The summed E-state index contributed by atoms with van der Waals surface area (Å²) in [6.07, 6.45) is 2.02. The molecule has 1 atom stereocenters. The molecule has 1 aromatic heterocycles. The van der Waals surface area contributed by atoms with Gasteiger partial charge >= 0.3 is 0 Å². The van der Waals surface area contributed by atoms with Crippen molar-refractivity contribution in [1.29, 1.82) is 0 Å². The molecule has 5 nitrogen and oxygen atoms in total. The van der Waals surface area contributed by atoms with Gasteiger partial charge in [0.2, 0.25) is 0 Å². The van der Waals surface area contributed by atoms with Gasteiger partial charge in [0.25, 0.3) is 11.8 Å². The van der Waals surface area contributed by atoms with Crippen LogP contribution in [0.1, 0.15) is 57.9 Å². The highest BCUT2D eigenvalue weighted by molar-refractivity contribution is 5.99. The van der Waals surface area contributed by atoms with Crippen LogP contribution in [0.4, 0.5) is 0 Å². The molecule has 1 aliphatic rings. The lowest BCUT2D eigenvalue weighted by Crippen LogP contribution is -2.26. The van der Waals surface area contributed by atoms with E-state index in [0.717, 1.165) is 18.4 Å². The molecule has 2 aromatic rings. The number of furan rings is 1. The van der Waals surface area contributed by atoms with Gasteiger partial charge < -0.3 is 15.1 Å². The fourth-order valence-electron chi connectivity index (χ4n) is 2.52. The van der Waals surface area contributed by atoms with Crippen molar-refractivity contribution in [3.63, 3.8) is 0 Å². The summed E-state index contributed by atoms with van der Waals surface area (Å²) in [5.41, 5.74) is 1.47. The highest BCUT2D eigenvalue weighted by atomic mass is 16.4. The van der Waals surface area contributed by atoms with Crippen molar-refractivity contribution in [3.05, 3.63) is 59.0 Å². The minimum atomic E-state index is -0.336. The van der Waals surface area contributed by atoms with E-state index in [9.17, 15) is 9.59 Å². The minimum Gasteiger partial charge on any atom is -0.454 e. The third-order valence-electron chi connectivity index (χ3n) is 4.06. The van der Waals surface area contributed by atoms with Gasteiger partial charge in [-0.25, -0.2) is 0 Å². The topological polar surface area (TPSA) is 71.3 Å². The predicted octanol–water partition coefficient (Wildman–Crippen LogP) is 2.68. The number of rotatable bonds is 5. The lowest BCUT2D eigenvalue weighted by molar-refractivity contribution is 0.0928. The van der Waals surface area contributed by atoms with Crippen LogP contribution < -0.4 is 10.6 Å². The highest BCUT2D eigenvalue weighted by Gasteiger charge is 2.29. The van der Waals surface area contributed by atoms with E-state index < -0.39 is 0 Å². The number of hydrogen-bond donors (Lipinski definition) is 2. The third kappa shape index (κ3) is 3.28. The van der Waals surface area contributed by atoms with Gasteiger partial charge in [-0.15, -0.1) is 0 Å². The zero-order valence-corrected chi connectivity index (χ0v) is 13.3. The summed E-state index contributed by atoms with van der Waals surface area (Å²) < 4.78 is 5.73. The molecule has 1 heterocycles. The van der Waals surface area contributed by atoms with Gasteiger partial charge in [0.05, 0.1) is 5.56 Å². The lowest BCUT2D eigenvalue weighted by Gasteiger charge is -2.11. The summed E-state index contributed by atoms with van der Waals surface area (Å²) in [7, 11) is 1.54. The van der Waals surface area contributed by atoms with Crippen LogP contribution in [0.2, 0.25) is 0 Å². The Kier molecular flexibility index (Phi) is 4.19. The molecule has 1 aliphatic carbocycles. The zero-order valence-electron chi connectivity index (χ0n) is 13.3. The molecule has 0 bridgehead atoms. The van der Waals surface area contributed by atoms with Gasteiger partial charge in [-0.05, 0) is 18.4 Å². The Bertz CT molecular complexity index is 717. The van der Waals surface area contributed by atoms with Gasteiger partial charge in [0.15, 0.2) is 5.76 Å². The van der Waals surface area contributed by atoms with Crippen LogP contribution in [0.3, 0.4) is 0 Å². The molecule has 0 spiro atoms. The summed E-state index contributed by atoms with van der Waals surface area (Å²) in [5, 5.41) is 5.48. The Balaban J connectivity index is 1.97. The molecule has 1 aromatic carbocycles. The molecule has 2 amide bonds. The van der Waals surface area contributed by atoms with Crippen molar-refractivity contribution in [1.82, 2.24) is 10.6 Å². The molecule has 3 rings (SSSR count). The Morgan fingerprint density at radius 1 is 1.17 bits per heavy atom. The number of nitrogens with one attached hydrogen (secondary N) is 2. The first-order valence-electron chi connectivity index (χ1n) is 7.81. The molecule has 0 aliphatic heterocycles. The van der Waals surface area contributed by atoms with Crippen molar-refractivity contribution in [2.45, 2.75) is 31.7 Å². The highest BCUT2D eigenvalue weighted by Crippen LogP contribution is 2.30. The molecule has 120 valence electrons. The van der Waals surface area contributed by atoms with Crippen LogP contribution in [0.25, 0.3) is 0 Å². The maximum Gasteiger partial charge on any atom is 0.286 e. The maximum atomic E-state index is 12.5. The molecule has 0 saturated heterocycles. The maximum absolute atomic E-state index is 12.5. The van der Waals surface area contributed by atoms with Gasteiger partial charge in [-0.1, -0.05) is 37.3 Å². The van der Waals surface area contributed by atoms with Crippen LogP contribution in [0.5, 0.6) is 0 Å². The van der Waals surface area contributed by atoms with Gasteiger partial charge in [0.1, 0.15) is 5.76 Å². The van der Waals surface area contributed by atoms with Crippen LogP contribution in [-0.4, -0.2) is 24.9 Å². The summed E-state index contributed by atoms with van der Waals surface area (Å²) in [6.45, 7) is 1.97. The van der Waals surface area contributed by atoms with Crippen LogP contribution in [0, 0.1) is 0 Å². The zero-order chi connectivity index (χ0) is 16.4. The number of benzene rings is 1. The van der Waals surface area contributed by atoms with Crippen molar-refractivity contribution in [2.24, 2.45) is 0 Å². The van der Waals surface area contributed by atoms with Crippen LogP contribution in [0.15, 0.2) is 40.8 Å². The van der Waals surface area contributed by atoms with E-state index in [2.05, 4.69) is 10.6 Å². The Labute approximate surface area is 135 Å². The molecule has 2 N–H and O–H groups in total. The van der Waals surface area contributed by atoms with Gasteiger partial charge in [-0.3, -0.25) is 9.59 Å². The summed E-state index contributed by atoms with van der Waals surface area (Å²) >= 11 is 0. The standard InChI is InChI=1S/C18H20N2O3/c1-11(12-6-4-3-5-7-12)16-14(17(21)20-13-8-9-13)10-15(23-16)18(22)19-2/h3-7,10-11,13H,8-9H2,1-2H3,(H,19,22)(H,20,21)/t11-/m0/s1. The second kappa shape index (κ2) is 6.28. The van der Waals surface area contributed by atoms with Crippen LogP contribution in [-0.2, 0) is 0 Å². The average Bonchev–Trinajstić information content (AvgIpc) is 3.28. The predicted molar refractivity (Wildman–Crippen MR) is 86.5 cm³/mol. The molecular weight excluding hydrogens is 292 g/mol. The fraction of sp³-hybridized carbons (Fsp3) is 0.333. The molecule has 23 heavy (non-hydrogen) atoms. The third-order valence-corrected chi connectivity index (χ3v) is 4.06. The number of carbonyl (C=O) groups excluding carboxylic acids is 2. The van der Waals surface area contributed by atoms with Crippen LogP contribution >= 0.6 is 0 Å². The largest absolute Gasteiger partial charge is 0.454 e. The average molecular weight is 312 g/mol. The molecule has 1 saturated carbocycles. The molecule has 0 radical (unpaired) electrons. The summed E-state index contributed by atoms with van der Waals surface area (Å²) in [5.74, 6) is 0.0508. The smallest absolute Gasteiger partial charge is 0.286 e. The van der Waals surface area contributed by atoms with E-state index in [1.165, 1.54) is 13.1 Å². The molecular formula is C18H20N2O3. The second-order valence-electron chi connectivity index (χ2n) is 5.85. The monoisotopic (exact) mass is 312 g/mol. The summed E-state index contributed by atoms with van der Waals surface area (Å²) in [6, 6.07) is 11.6. The van der Waals surface area contributed by atoms with E-state index in [4.69, 9.17) is 4.42 Å². The van der Waals surface area contributed by atoms with E-state index >= 15 is 0 Å². The van der Waals surface area contributed by atoms with Crippen molar-refractivity contribution < 1.29 is 14.0 Å². The fourth-order valence-corrected chi connectivity index (χ4v) is 2.52. The minimum absolute atomic E-state index is 0.116. The SMILES string of the molecule is CNC(=O)c1cc(C(=O)NC2CC2)c([C@@H](C)c2ccccc2)o1.